The van der Waals surface area contributed by atoms with Gasteiger partial charge < -0.3 is 35.5 Å². The molecule has 2 aliphatic rings. The fourth-order valence-corrected chi connectivity index (χ4v) is 6.51. The van der Waals surface area contributed by atoms with Gasteiger partial charge in [0.2, 0.25) is 0 Å². The van der Waals surface area contributed by atoms with E-state index in [9.17, 15) is 15.4 Å². The molecule has 0 spiro atoms. The van der Waals surface area contributed by atoms with E-state index in [0.29, 0.717) is 17.1 Å². The molecule has 42 heavy (non-hydrogen) atoms. The molecule has 1 aliphatic heterocycles. The summed E-state index contributed by atoms with van der Waals surface area (Å²) in [7, 11) is 0. The summed E-state index contributed by atoms with van der Waals surface area (Å²) in [5.41, 5.74) is 10.1. The minimum Gasteiger partial charge on any atom is -0.632 e. The Hall–Kier alpha value is -3.16. The predicted molar refractivity (Wildman–Crippen MR) is 159 cm³/mol. The van der Waals surface area contributed by atoms with Gasteiger partial charge in [-0.1, -0.05) is 26.8 Å². The number of aromatic amines is 1. The number of nitrogen functional groups attached to an aromatic ring is 1. The Morgan fingerprint density at radius 2 is 1.93 bits per heavy atom. The fraction of sp³-hybridized carbons (Fsp3) is 0.600. The normalized spacial score (nSPS) is 28.0. The minimum atomic E-state index is -1.25. The van der Waals surface area contributed by atoms with Gasteiger partial charge in [-0.3, -0.25) is 4.57 Å². The summed E-state index contributed by atoms with van der Waals surface area (Å²) >= 11 is 0. The number of nitrogens with two attached hydrogens (primary N) is 1. The highest BCUT2D eigenvalue weighted by molar-refractivity contribution is 5.81. The molecule has 3 aromatic heterocycles. The summed E-state index contributed by atoms with van der Waals surface area (Å²) in [4.78, 5) is 20.7. The number of quaternary nitrogens is 1. The van der Waals surface area contributed by atoms with Gasteiger partial charge in [0.15, 0.2) is 17.7 Å². The summed E-state index contributed by atoms with van der Waals surface area (Å²) in [5, 5.41) is 36.1. The van der Waals surface area contributed by atoms with Gasteiger partial charge >= 0.3 is 0 Å². The first-order valence-electron chi connectivity index (χ1n) is 14.9. The van der Waals surface area contributed by atoms with Crippen molar-refractivity contribution in [3.8, 4) is 0 Å². The maximum atomic E-state index is 14.3. The monoisotopic (exact) mass is 578 g/mol. The third-order valence-corrected chi connectivity index (χ3v) is 9.35. The lowest BCUT2D eigenvalue weighted by molar-refractivity contribution is -0.935. The van der Waals surface area contributed by atoms with E-state index in [2.05, 4.69) is 58.9 Å². The quantitative estimate of drug-likeness (QED) is 0.181. The predicted octanol–water partition coefficient (Wildman–Crippen LogP) is 3.34. The molecule has 0 radical (unpaired) electrons. The Labute approximate surface area is 245 Å². The van der Waals surface area contributed by atoms with E-state index in [1.54, 1.807) is 0 Å². The first-order valence-corrected chi connectivity index (χ1v) is 14.9. The standard InChI is InChI=1S/C30H42N8O4/c1-16(2)38(41,13-22-25(39)26(40)29(42-22)37-15-34-24-27(31)32-14-33-28(24)37)19-10-17(11-19)6-9-23-35-20-8-7-18(30(3,4)5)12-21(20)36-23/h7-8,12,14-17,19,22,25-26,29,39-40H,6,9-11,13H2,1-5H3,(H,35,36)(H2,31,32,33)/t17-,19-,22-,25-,26-,29-,38-/m1/s1. The molecule has 1 aromatic carbocycles. The fourth-order valence-electron chi connectivity index (χ4n) is 6.51. The number of hydroxylamine groups is 3. The van der Waals surface area contributed by atoms with E-state index in [1.807, 2.05) is 13.8 Å². The average molecular weight is 579 g/mol. The lowest BCUT2D eigenvalue weighted by Crippen LogP contribution is -2.63. The van der Waals surface area contributed by atoms with Crippen molar-refractivity contribution in [1.29, 1.82) is 0 Å². The molecule has 1 saturated heterocycles. The second kappa shape index (κ2) is 10.5. The Morgan fingerprint density at radius 1 is 1.17 bits per heavy atom. The minimum absolute atomic E-state index is 0.0488. The average Bonchev–Trinajstić information content (AvgIpc) is 3.59. The number of aliphatic hydroxyl groups is 2. The summed E-state index contributed by atoms with van der Waals surface area (Å²) in [6, 6.07) is 6.12. The Morgan fingerprint density at radius 3 is 2.64 bits per heavy atom. The van der Waals surface area contributed by atoms with Crippen LogP contribution < -0.4 is 5.73 Å². The number of H-pyrrole nitrogens is 1. The number of aryl methyl sites for hydroxylation is 1. The van der Waals surface area contributed by atoms with E-state index in [0.717, 1.165) is 42.5 Å². The molecule has 5 atom stereocenters. The molecule has 1 saturated carbocycles. The van der Waals surface area contributed by atoms with Gasteiger partial charge in [-0.25, -0.2) is 19.9 Å². The number of nitrogens with one attached hydrogen (secondary N) is 1. The molecule has 2 fully saturated rings. The number of ether oxygens (including phenoxy) is 1. The second-order valence-corrected chi connectivity index (χ2v) is 13.5. The van der Waals surface area contributed by atoms with Gasteiger partial charge in [0.25, 0.3) is 0 Å². The molecular weight excluding hydrogens is 536 g/mol. The number of anilines is 1. The summed E-state index contributed by atoms with van der Waals surface area (Å²) in [6.45, 7) is 10.5. The molecule has 4 aromatic rings. The second-order valence-electron chi connectivity index (χ2n) is 13.5. The van der Waals surface area contributed by atoms with Crippen LogP contribution in [0.3, 0.4) is 0 Å². The van der Waals surface area contributed by atoms with Gasteiger partial charge in [-0.05, 0) is 49.3 Å². The number of rotatable bonds is 8. The van der Waals surface area contributed by atoms with E-state index >= 15 is 0 Å². The SMILES string of the molecule is CC(C)[N@+]([O-])(C[C@H]1O[C@@H](n2cnc3c(N)ncnc32)[C@H](O)[C@@H]1O)[C@H]1C[C@H](CCc2nc3cc(C(C)(C)C)ccc3[nH]2)C1. The van der Waals surface area contributed by atoms with Crippen molar-refractivity contribution >= 4 is 28.0 Å². The maximum Gasteiger partial charge on any atom is 0.167 e. The molecule has 12 nitrogen and oxygen atoms in total. The van der Waals surface area contributed by atoms with Crippen LogP contribution in [0.5, 0.6) is 0 Å². The van der Waals surface area contributed by atoms with Gasteiger partial charge in [-0.2, -0.15) is 0 Å². The molecule has 0 amide bonds. The zero-order valence-electron chi connectivity index (χ0n) is 24.9. The Balaban J connectivity index is 1.09. The lowest BCUT2D eigenvalue weighted by Gasteiger charge is -2.58. The molecule has 1 aliphatic carbocycles. The first-order chi connectivity index (χ1) is 19.8. The van der Waals surface area contributed by atoms with Crippen LogP contribution in [0.4, 0.5) is 5.82 Å². The smallest absolute Gasteiger partial charge is 0.167 e. The van der Waals surface area contributed by atoms with Crippen molar-refractivity contribution < 1.29 is 19.6 Å². The van der Waals surface area contributed by atoms with Crippen LogP contribution in [0.1, 0.15) is 71.5 Å². The molecule has 6 rings (SSSR count). The number of hydrogen-bond acceptors (Lipinski definition) is 9. The highest BCUT2D eigenvalue weighted by Gasteiger charge is 2.50. The van der Waals surface area contributed by atoms with Crippen LogP contribution in [0.2, 0.25) is 0 Å². The summed E-state index contributed by atoms with van der Waals surface area (Å²) < 4.78 is 7.19. The van der Waals surface area contributed by atoms with E-state index in [1.165, 1.54) is 22.8 Å². The highest BCUT2D eigenvalue weighted by Crippen LogP contribution is 2.42. The maximum absolute atomic E-state index is 14.3. The first kappa shape index (κ1) is 28.9. The van der Waals surface area contributed by atoms with E-state index < -0.39 is 29.2 Å². The third-order valence-electron chi connectivity index (χ3n) is 9.35. The lowest BCUT2D eigenvalue weighted by atomic mass is 9.75. The molecule has 12 heteroatoms. The van der Waals surface area contributed by atoms with Crippen molar-refractivity contribution in [3.05, 3.63) is 47.4 Å². The van der Waals surface area contributed by atoms with Crippen molar-refractivity contribution in [1.82, 2.24) is 29.5 Å². The number of imidazole rings is 2. The zero-order valence-corrected chi connectivity index (χ0v) is 24.9. The van der Waals surface area contributed by atoms with E-state index in [4.69, 9.17) is 15.5 Å². The van der Waals surface area contributed by atoms with Crippen LogP contribution >= 0.6 is 0 Å². The number of benzene rings is 1. The molecule has 5 N–H and O–H groups in total. The van der Waals surface area contributed by atoms with Crippen LogP contribution in [0, 0.1) is 11.1 Å². The van der Waals surface area contributed by atoms with Gasteiger partial charge in [-0.15, -0.1) is 0 Å². The summed E-state index contributed by atoms with van der Waals surface area (Å²) in [5.74, 6) is 1.63. The van der Waals surface area contributed by atoms with Crippen molar-refractivity contribution in [3.63, 3.8) is 0 Å². The Kier molecular flexibility index (Phi) is 7.25. The Bertz CT molecular complexity index is 1570. The number of hydrogen-bond donors (Lipinski definition) is 4. The number of nitrogens with zero attached hydrogens (tertiary/aromatic N) is 6. The van der Waals surface area contributed by atoms with E-state index in [-0.39, 0.29) is 29.9 Å². The highest BCUT2D eigenvalue weighted by atomic mass is 16.6. The molecule has 0 bridgehead atoms. The number of fused-ring (bicyclic) bond motifs is 2. The van der Waals surface area contributed by atoms with Crippen molar-refractivity contribution in [2.75, 3.05) is 12.3 Å². The molecule has 4 heterocycles. The summed E-state index contributed by atoms with van der Waals surface area (Å²) in [6.07, 6.45) is 1.94. The topological polar surface area (TPSA) is 171 Å². The largest absolute Gasteiger partial charge is 0.632 e. The van der Waals surface area contributed by atoms with Crippen LogP contribution in [0.25, 0.3) is 22.2 Å². The van der Waals surface area contributed by atoms with Crippen molar-refractivity contribution in [2.24, 2.45) is 5.92 Å². The third kappa shape index (κ3) is 5.05. The van der Waals surface area contributed by atoms with Gasteiger partial charge in [0.1, 0.15) is 42.5 Å². The molecular formula is C30H42N8O4. The zero-order chi connectivity index (χ0) is 30.0. The molecule has 0 unspecified atom stereocenters. The van der Waals surface area contributed by atoms with Crippen LogP contribution in [0.15, 0.2) is 30.9 Å². The number of aromatic nitrogens is 6. The van der Waals surface area contributed by atoms with Gasteiger partial charge in [0, 0.05) is 19.3 Å². The number of aliphatic hydroxyl groups excluding tert-OH is 2. The molecule has 226 valence electrons. The van der Waals surface area contributed by atoms with Gasteiger partial charge in [0.05, 0.1) is 29.4 Å². The van der Waals surface area contributed by atoms with Crippen molar-refractivity contribution in [2.45, 2.75) is 102 Å². The van der Waals surface area contributed by atoms with Crippen LogP contribution in [-0.2, 0) is 16.6 Å². The van der Waals surface area contributed by atoms with Crippen LogP contribution in [-0.4, -0.2) is 81.3 Å².